The summed E-state index contributed by atoms with van der Waals surface area (Å²) in [7, 11) is 1.12. The number of hydrogen-bond acceptors (Lipinski definition) is 6. The number of pyridine rings is 1. The number of carbonyl (C=O) groups is 1. The number of fused-ring (bicyclic) bond motifs is 1. The second kappa shape index (κ2) is 12.4. The van der Waals surface area contributed by atoms with Crippen molar-refractivity contribution in [2.24, 2.45) is 7.05 Å². The highest BCUT2D eigenvalue weighted by atomic mass is 32.3. The first-order valence-electron chi connectivity index (χ1n) is 14.8. The molecule has 232 valence electrons. The van der Waals surface area contributed by atoms with Crippen molar-refractivity contribution in [2.75, 3.05) is 44.2 Å². The van der Waals surface area contributed by atoms with Crippen LogP contribution in [0.3, 0.4) is 0 Å². The van der Waals surface area contributed by atoms with Crippen LogP contribution in [0.5, 0.6) is 0 Å². The number of amides is 1. The first-order valence-corrected chi connectivity index (χ1v) is 17.9. The maximum atomic E-state index is 12.6. The van der Waals surface area contributed by atoms with Gasteiger partial charge in [-0.05, 0) is 71.3 Å². The number of aryl methyl sites for hydroxylation is 2. The van der Waals surface area contributed by atoms with E-state index in [1.54, 1.807) is 16.5 Å². The minimum Gasteiger partial charge on any atom is -0.444 e. The first kappa shape index (κ1) is 32.1. The van der Waals surface area contributed by atoms with E-state index in [0.717, 1.165) is 52.3 Å². The van der Waals surface area contributed by atoms with Gasteiger partial charge in [-0.1, -0.05) is 13.8 Å². The molecule has 4 heterocycles. The van der Waals surface area contributed by atoms with Crippen LogP contribution in [-0.4, -0.2) is 79.9 Å². The number of ether oxygens (including phenoxy) is 2. The fourth-order valence-corrected chi connectivity index (χ4v) is 6.09. The highest BCUT2D eigenvalue weighted by molar-refractivity contribution is 8.32. The third-order valence-corrected chi connectivity index (χ3v) is 9.04. The Bertz CT molecular complexity index is 1460. The molecule has 10 heteroatoms. The Kier molecular flexibility index (Phi) is 9.47. The van der Waals surface area contributed by atoms with E-state index in [1.807, 2.05) is 46.2 Å². The summed E-state index contributed by atoms with van der Waals surface area (Å²) in [4.78, 5) is 37.0. The molecule has 1 amide bonds. The van der Waals surface area contributed by atoms with E-state index in [2.05, 4.69) is 37.2 Å². The largest absolute Gasteiger partial charge is 0.444 e. The van der Waals surface area contributed by atoms with Gasteiger partial charge in [-0.3, -0.25) is 4.79 Å². The van der Waals surface area contributed by atoms with Crippen molar-refractivity contribution in [3.63, 3.8) is 0 Å². The molecule has 1 aliphatic rings. The van der Waals surface area contributed by atoms with Crippen molar-refractivity contribution in [3.8, 4) is 11.3 Å². The lowest BCUT2D eigenvalue weighted by molar-refractivity contribution is 0.0203. The van der Waals surface area contributed by atoms with E-state index >= 15 is 0 Å². The smallest absolute Gasteiger partial charge is 0.410 e. The van der Waals surface area contributed by atoms with Gasteiger partial charge in [0.05, 0.1) is 29.5 Å². The maximum Gasteiger partial charge on any atom is 0.410 e. The van der Waals surface area contributed by atoms with Crippen molar-refractivity contribution >= 4 is 27.2 Å². The summed E-state index contributed by atoms with van der Waals surface area (Å²) in [5.41, 5.74) is 5.15. The van der Waals surface area contributed by atoms with Crippen molar-refractivity contribution in [2.45, 2.75) is 78.6 Å². The van der Waals surface area contributed by atoms with Gasteiger partial charge < -0.3 is 23.5 Å². The summed E-state index contributed by atoms with van der Waals surface area (Å²) in [5.74, 6) is 2.17. The van der Waals surface area contributed by atoms with Crippen LogP contribution >= 0.6 is 10.0 Å². The molecule has 0 atom stereocenters. The highest BCUT2D eigenvalue weighted by Crippen LogP contribution is 2.39. The van der Waals surface area contributed by atoms with Gasteiger partial charge in [-0.25, -0.2) is 24.8 Å². The van der Waals surface area contributed by atoms with Crippen molar-refractivity contribution in [1.29, 1.82) is 0 Å². The van der Waals surface area contributed by atoms with E-state index in [9.17, 15) is 9.59 Å². The van der Waals surface area contributed by atoms with Crippen LogP contribution < -0.4 is 5.56 Å². The van der Waals surface area contributed by atoms with Crippen LogP contribution in [0, 0.1) is 6.92 Å². The zero-order valence-electron chi connectivity index (χ0n) is 27.1. The first-order chi connectivity index (χ1) is 19.6. The molecular weight excluding hydrogens is 550 g/mol. The molecule has 4 rings (SSSR count). The van der Waals surface area contributed by atoms with Gasteiger partial charge in [0.15, 0.2) is 0 Å². The van der Waals surface area contributed by atoms with E-state index in [-0.39, 0.29) is 23.5 Å². The summed E-state index contributed by atoms with van der Waals surface area (Å²) < 4.78 is 15.7. The van der Waals surface area contributed by atoms with E-state index in [0.29, 0.717) is 32.0 Å². The summed E-state index contributed by atoms with van der Waals surface area (Å²) in [6, 6.07) is 1.97. The van der Waals surface area contributed by atoms with Gasteiger partial charge in [0.25, 0.3) is 5.56 Å². The molecule has 42 heavy (non-hydrogen) atoms. The minimum absolute atomic E-state index is 0.00304. The SMILES string of the molecule is Cc1cc(-c2c(C(C)C)c3nc(C4CCN(C(=O)OC(C)(C)C)CC4)ncc3n2COCCS(C)(C)C)cn(C)c1=O. The second-order valence-corrected chi connectivity index (χ2v) is 18.3. The van der Waals surface area contributed by atoms with Gasteiger partial charge in [0.2, 0.25) is 0 Å². The fraction of sp³-hybridized carbons (Fsp3) is 0.625. The number of rotatable bonds is 8. The Morgan fingerprint density at radius 1 is 1.17 bits per heavy atom. The zero-order valence-corrected chi connectivity index (χ0v) is 27.9. The molecular formula is C32H49N5O4S. The molecule has 3 aromatic rings. The molecule has 0 saturated carbocycles. The van der Waals surface area contributed by atoms with Crippen LogP contribution in [0.15, 0.2) is 23.3 Å². The summed E-state index contributed by atoms with van der Waals surface area (Å²) in [5, 5.41) is 0. The molecule has 1 aliphatic heterocycles. The third-order valence-electron chi connectivity index (χ3n) is 7.64. The number of piperidine rings is 1. The molecule has 1 saturated heterocycles. The maximum absolute atomic E-state index is 12.6. The average molecular weight is 600 g/mol. The molecule has 0 bridgehead atoms. The predicted molar refractivity (Wildman–Crippen MR) is 173 cm³/mol. The Balaban J connectivity index is 1.73. The van der Waals surface area contributed by atoms with Crippen molar-refractivity contribution in [1.82, 2.24) is 24.0 Å². The molecule has 0 aliphatic carbocycles. The Morgan fingerprint density at radius 3 is 2.40 bits per heavy atom. The molecule has 1 fully saturated rings. The summed E-state index contributed by atoms with van der Waals surface area (Å²) >= 11 is 0. The number of aromatic nitrogens is 4. The molecule has 3 aromatic heterocycles. The Hall–Kier alpha value is -2.85. The predicted octanol–water partition coefficient (Wildman–Crippen LogP) is 6.01. The summed E-state index contributed by atoms with van der Waals surface area (Å²) in [6.07, 6.45) is 12.0. The number of likely N-dealkylation sites (tertiary alicyclic amines) is 1. The highest BCUT2D eigenvalue weighted by Gasteiger charge is 2.30. The Morgan fingerprint density at radius 2 is 1.83 bits per heavy atom. The Labute approximate surface area is 251 Å². The molecule has 9 nitrogen and oxygen atoms in total. The van der Waals surface area contributed by atoms with Gasteiger partial charge in [0.1, 0.15) is 18.2 Å². The monoisotopic (exact) mass is 599 g/mol. The quantitative estimate of drug-likeness (QED) is 0.295. The molecule has 0 radical (unpaired) electrons. The fourth-order valence-electron chi connectivity index (χ4n) is 5.47. The van der Waals surface area contributed by atoms with Crippen LogP contribution in [0.1, 0.15) is 76.2 Å². The van der Waals surface area contributed by atoms with E-state index in [4.69, 9.17) is 19.4 Å². The van der Waals surface area contributed by atoms with Crippen LogP contribution in [0.4, 0.5) is 4.79 Å². The van der Waals surface area contributed by atoms with Crippen LogP contribution in [0.2, 0.25) is 0 Å². The molecule has 0 unspecified atom stereocenters. The zero-order chi connectivity index (χ0) is 31.0. The standard InChI is InChI=1S/C32H49N5O4S/c1-21(2)26-27-25(18-33-29(34-27)23-11-13-36(14-12-23)31(39)41-32(4,5)6)37(20-40-15-16-42(8,9)10)28(26)24-17-22(3)30(38)35(7)19-24/h17-19,21,23H,11-16,20H2,1-10H3. The number of nitrogens with zero attached hydrogens (tertiary/aromatic N) is 5. The van der Waals surface area contributed by atoms with Crippen molar-refractivity contribution in [3.05, 3.63) is 45.8 Å². The van der Waals surface area contributed by atoms with E-state index < -0.39 is 15.6 Å². The molecule has 0 spiro atoms. The number of carbonyl (C=O) groups excluding carboxylic acids is 1. The van der Waals surface area contributed by atoms with Crippen molar-refractivity contribution < 1.29 is 14.3 Å². The second-order valence-electron chi connectivity index (χ2n) is 13.7. The van der Waals surface area contributed by atoms with Gasteiger partial charge in [0, 0.05) is 54.7 Å². The lowest BCUT2D eigenvalue weighted by Crippen LogP contribution is -2.41. The van der Waals surface area contributed by atoms with E-state index in [1.165, 1.54) is 0 Å². The molecule has 0 N–H and O–H groups in total. The normalized spacial score (nSPS) is 15.5. The number of hydrogen-bond donors (Lipinski definition) is 0. The van der Waals surface area contributed by atoms with Gasteiger partial charge in [-0.2, -0.15) is 0 Å². The minimum atomic E-state index is -0.674. The van der Waals surface area contributed by atoms with Crippen LogP contribution in [0.25, 0.3) is 22.3 Å². The lowest BCUT2D eigenvalue weighted by atomic mass is 9.95. The topological polar surface area (TPSA) is 91.5 Å². The average Bonchev–Trinajstić information content (AvgIpc) is 3.21. The van der Waals surface area contributed by atoms with Crippen LogP contribution in [-0.2, 0) is 23.3 Å². The molecule has 0 aromatic carbocycles. The van der Waals surface area contributed by atoms with Gasteiger partial charge >= 0.3 is 6.09 Å². The lowest BCUT2D eigenvalue weighted by Gasteiger charge is -2.32. The summed E-state index contributed by atoms with van der Waals surface area (Å²) in [6.45, 7) is 14.2. The van der Waals surface area contributed by atoms with Gasteiger partial charge in [-0.15, -0.1) is 0 Å². The third kappa shape index (κ3) is 7.37.